The molecule has 3 aromatic rings. The maximum absolute atomic E-state index is 14.0. The second kappa shape index (κ2) is 7.25. The second-order valence-corrected chi connectivity index (χ2v) is 6.41. The van der Waals surface area contributed by atoms with Gasteiger partial charge in [0.15, 0.2) is 5.76 Å². The van der Waals surface area contributed by atoms with E-state index in [0.29, 0.717) is 23.7 Å². The van der Waals surface area contributed by atoms with Crippen LogP contribution in [0.25, 0.3) is 6.08 Å². The number of fused-ring (bicyclic) bond motifs is 1. The zero-order valence-electron chi connectivity index (χ0n) is 14.1. The van der Waals surface area contributed by atoms with Gasteiger partial charge in [0.05, 0.1) is 10.6 Å². The van der Waals surface area contributed by atoms with Crippen LogP contribution in [-0.2, 0) is 6.61 Å². The number of hydrogen-bond donors (Lipinski definition) is 0. The number of ether oxygens (including phenoxy) is 2. The van der Waals surface area contributed by atoms with Crippen LogP contribution in [0.5, 0.6) is 11.5 Å². The molecule has 0 N–H and O–H groups in total. The predicted octanol–water partition coefficient (Wildman–Crippen LogP) is 5.67. The topological polar surface area (TPSA) is 35.5 Å². The number of ketones is 1. The Morgan fingerprint density at radius 1 is 1.04 bits per heavy atom. The molecule has 0 aliphatic carbocycles. The highest BCUT2D eigenvalue weighted by Gasteiger charge is 2.28. The van der Waals surface area contributed by atoms with Crippen LogP contribution in [0, 0.1) is 5.82 Å². The molecule has 134 valence electrons. The molecule has 0 fully saturated rings. The molecule has 1 aliphatic rings. The molecule has 3 nitrogen and oxygen atoms in total. The number of allylic oxidation sites excluding steroid dienone is 1. The lowest BCUT2D eigenvalue weighted by Gasteiger charge is -2.07. The van der Waals surface area contributed by atoms with Gasteiger partial charge in [-0.25, -0.2) is 4.39 Å². The zero-order chi connectivity index (χ0) is 18.8. The monoisotopic (exact) mass is 380 g/mol. The summed E-state index contributed by atoms with van der Waals surface area (Å²) in [4.78, 5) is 12.5. The molecule has 0 aromatic heterocycles. The van der Waals surface area contributed by atoms with Gasteiger partial charge in [-0.05, 0) is 35.9 Å². The Morgan fingerprint density at radius 2 is 1.85 bits per heavy atom. The molecule has 3 aromatic carbocycles. The van der Waals surface area contributed by atoms with Crippen molar-refractivity contribution in [2.75, 3.05) is 0 Å². The molecule has 0 saturated heterocycles. The van der Waals surface area contributed by atoms with Gasteiger partial charge in [0.25, 0.3) is 0 Å². The van der Waals surface area contributed by atoms with Gasteiger partial charge in [0.2, 0.25) is 5.78 Å². The van der Waals surface area contributed by atoms with E-state index >= 15 is 0 Å². The van der Waals surface area contributed by atoms with Gasteiger partial charge in [-0.3, -0.25) is 4.79 Å². The Hall–Kier alpha value is -3.11. The van der Waals surface area contributed by atoms with Crippen LogP contribution in [0.15, 0.2) is 72.5 Å². The van der Waals surface area contributed by atoms with E-state index in [1.54, 1.807) is 24.3 Å². The number of benzene rings is 3. The lowest BCUT2D eigenvalue weighted by Crippen LogP contribution is -1.99. The Balaban J connectivity index is 1.56. The van der Waals surface area contributed by atoms with Crippen LogP contribution >= 0.6 is 11.6 Å². The minimum absolute atomic E-state index is 0.0252. The highest BCUT2D eigenvalue weighted by Crippen LogP contribution is 2.36. The second-order valence-electron chi connectivity index (χ2n) is 6.01. The molecule has 0 atom stereocenters. The molecule has 0 saturated carbocycles. The zero-order valence-corrected chi connectivity index (χ0v) is 14.9. The number of halogens is 2. The van der Waals surface area contributed by atoms with E-state index in [4.69, 9.17) is 21.1 Å². The average molecular weight is 381 g/mol. The molecule has 4 rings (SSSR count). The van der Waals surface area contributed by atoms with Crippen molar-refractivity contribution >= 4 is 23.5 Å². The van der Waals surface area contributed by atoms with Gasteiger partial charge in [-0.2, -0.15) is 0 Å². The fraction of sp³-hybridized carbons (Fsp3) is 0.0455. The van der Waals surface area contributed by atoms with Crippen molar-refractivity contribution in [3.05, 3.63) is 100 Å². The van der Waals surface area contributed by atoms with E-state index in [1.807, 2.05) is 30.3 Å². The first-order valence-corrected chi connectivity index (χ1v) is 8.68. The summed E-state index contributed by atoms with van der Waals surface area (Å²) in [6.07, 6.45) is 1.32. The summed E-state index contributed by atoms with van der Waals surface area (Å²) < 4.78 is 25.4. The van der Waals surface area contributed by atoms with Crippen molar-refractivity contribution in [1.82, 2.24) is 0 Å². The normalized spacial score (nSPS) is 14.1. The van der Waals surface area contributed by atoms with E-state index in [2.05, 4.69) is 0 Å². The summed E-state index contributed by atoms with van der Waals surface area (Å²) in [7, 11) is 0. The third-order valence-corrected chi connectivity index (χ3v) is 4.49. The molecular formula is C22H14ClFO3. The maximum atomic E-state index is 14.0. The van der Waals surface area contributed by atoms with Crippen LogP contribution in [0.4, 0.5) is 4.39 Å². The number of carbonyl (C=O) groups is 1. The fourth-order valence-corrected chi connectivity index (χ4v) is 3.00. The van der Waals surface area contributed by atoms with Crippen LogP contribution in [-0.4, -0.2) is 5.78 Å². The minimum Gasteiger partial charge on any atom is -0.489 e. The summed E-state index contributed by atoms with van der Waals surface area (Å²) in [6.45, 7) is 0.404. The van der Waals surface area contributed by atoms with Crippen LogP contribution in [0.1, 0.15) is 21.5 Å². The summed E-state index contributed by atoms with van der Waals surface area (Å²) >= 11 is 6.02. The third-order valence-electron chi connectivity index (χ3n) is 4.16. The number of hydrogen-bond acceptors (Lipinski definition) is 3. The van der Waals surface area contributed by atoms with Gasteiger partial charge in [-0.15, -0.1) is 0 Å². The van der Waals surface area contributed by atoms with Crippen molar-refractivity contribution in [3.63, 3.8) is 0 Å². The van der Waals surface area contributed by atoms with Gasteiger partial charge in [0.1, 0.15) is 23.9 Å². The number of carbonyl (C=O) groups excluding carboxylic acids is 1. The first-order valence-electron chi connectivity index (χ1n) is 8.31. The lowest BCUT2D eigenvalue weighted by molar-refractivity contribution is 0.101. The summed E-state index contributed by atoms with van der Waals surface area (Å²) in [5.74, 6) is 0.144. The third kappa shape index (κ3) is 3.57. The minimum atomic E-state index is -0.519. The molecule has 1 heterocycles. The molecule has 1 aliphatic heterocycles. The van der Waals surface area contributed by atoms with Crippen LogP contribution in [0.3, 0.4) is 0 Å². The summed E-state index contributed by atoms with van der Waals surface area (Å²) in [5.41, 5.74) is 1.56. The van der Waals surface area contributed by atoms with Gasteiger partial charge >= 0.3 is 0 Å². The van der Waals surface area contributed by atoms with E-state index in [0.717, 1.165) is 5.56 Å². The van der Waals surface area contributed by atoms with E-state index in [-0.39, 0.29) is 22.1 Å². The quantitative estimate of drug-likeness (QED) is 0.547. The Labute approximate surface area is 160 Å². The van der Waals surface area contributed by atoms with E-state index in [9.17, 15) is 9.18 Å². The van der Waals surface area contributed by atoms with Gasteiger partial charge in [-0.1, -0.05) is 48.0 Å². The molecule has 0 bridgehead atoms. The smallest absolute Gasteiger partial charge is 0.231 e. The standard InChI is InChI=1S/C22H14ClFO3/c23-18-7-4-8-19(24)17(18)12-21-22(25)16-10-9-15(11-20(16)27-21)26-13-14-5-2-1-3-6-14/h1-12H,13H2. The Morgan fingerprint density at radius 3 is 2.63 bits per heavy atom. The van der Waals surface area contributed by atoms with Crippen molar-refractivity contribution in [1.29, 1.82) is 0 Å². The van der Waals surface area contributed by atoms with E-state index < -0.39 is 5.82 Å². The largest absolute Gasteiger partial charge is 0.489 e. The first kappa shape index (κ1) is 17.3. The van der Waals surface area contributed by atoms with Crippen molar-refractivity contribution in [2.45, 2.75) is 6.61 Å². The van der Waals surface area contributed by atoms with Gasteiger partial charge < -0.3 is 9.47 Å². The fourth-order valence-electron chi connectivity index (χ4n) is 2.78. The number of rotatable bonds is 4. The molecule has 5 heteroatoms. The van der Waals surface area contributed by atoms with Gasteiger partial charge in [0, 0.05) is 11.6 Å². The molecule has 0 spiro atoms. The van der Waals surface area contributed by atoms with Crippen molar-refractivity contribution in [3.8, 4) is 11.5 Å². The highest BCUT2D eigenvalue weighted by molar-refractivity contribution is 6.32. The number of Topliss-reactive ketones (excluding diaryl/α,β-unsaturated/α-hetero) is 1. The average Bonchev–Trinajstić information content (AvgIpc) is 2.99. The SMILES string of the molecule is O=C1C(=Cc2c(F)cccc2Cl)Oc2cc(OCc3ccccc3)ccc21. The Kier molecular flexibility index (Phi) is 4.65. The summed E-state index contributed by atoms with van der Waals surface area (Å²) in [6, 6.07) is 19.1. The van der Waals surface area contributed by atoms with Crippen LogP contribution in [0.2, 0.25) is 5.02 Å². The Bertz CT molecular complexity index is 1020. The first-order chi connectivity index (χ1) is 13.1. The van der Waals surface area contributed by atoms with Crippen LogP contribution < -0.4 is 9.47 Å². The highest BCUT2D eigenvalue weighted by atomic mass is 35.5. The predicted molar refractivity (Wildman–Crippen MR) is 102 cm³/mol. The van der Waals surface area contributed by atoms with E-state index in [1.165, 1.54) is 18.2 Å². The molecular weight excluding hydrogens is 367 g/mol. The molecule has 0 unspecified atom stereocenters. The molecule has 0 radical (unpaired) electrons. The molecule has 0 amide bonds. The van der Waals surface area contributed by atoms with Crippen molar-refractivity contribution in [2.24, 2.45) is 0 Å². The summed E-state index contributed by atoms with van der Waals surface area (Å²) in [5, 5.41) is 0.210. The van der Waals surface area contributed by atoms with Crippen molar-refractivity contribution < 1.29 is 18.7 Å². The molecule has 27 heavy (non-hydrogen) atoms. The lowest BCUT2D eigenvalue weighted by atomic mass is 10.1. The maximum Gasteiger partial charge on any atom is 0.231 e.